The summed E-state index contributed by atoms with van der Waals surface area (Å²) in [4.78, 5) is 19.1. The molecular formula is C17H15F2N3O3S. The zero-order valence-electron chi connectivity index (χ0n) is 13.9. The summed E-state index contributed by atoms with van der Waals surface area (Å²) in [5.74, 6) is -1.74. The van der Waals surface area contributed by atoms with E-state index in [2.05, 4.69) is 15.3 Å². The molecular weight excluding hydrogens is 364 g/mol. The average Bonchev–Trinajstić information content (AvgIpc) is 2.98. The number of carbonyl (C=O) groups is 1. The van der Waals surface area contributed by atoms with Crippen molar-refractivity contribution in [3.63, 3.8) is 0 Å². The fourth-order valence-electron chi connectivity index (χ4n) is 2.33. The maximum atomic E-state index is 13.9. The fraction of sp³-hybridized carbons (Fsp3) is 0.176. The number of H-pyrrole nitrogens is 1. The van der Waals surface area contributed by atoms with E-state index in [1.54, 1.807) is 12.1 Å². The maximum absolute atomic E-state index is 13.9. The molecule has 1 aromatic heterocycles. The van der Waals surface area contributed by atoms with Crippen LogP contribution in [0.3, 0.4) is 0 Å². The highest BCUT2D eigenvalue weighted by Gasteiger charge is 2.23. The molecule has 0 spiro atoms. The average molecular weight is 379 g/mol. The van der Waals surface area contributed by atoms with E-state index in [1.807, 2.05) is 0 Å². The van der Waals surface area contributed by atoms with E-state index in [-0.39, 0.29) is 11.4 Å². The van der Waals surface area contributed by atoms with Crippen molar-refractivity contribution in [3.05, 3.63) is 48.0 Å². The van der Waals surface area contributed by atoms with Gasteiger partial charge in [0.1, 0.15) is 22.7 Å². The molecule has 136 valence electrons. The van der Waals surface area contributed by atoms with Crippen LogP contribution in [0.4, 0.5) is 14.5 Å². The Kier molecular flexibility index (Phi) is 4.49. The number of fused-ring (bicyclic) bond motifs is 1. The van der Waals surface area contributed by atoms with Crippen LogP contribution < -0.4 is 5.32 Å². The van der Waals surface area contributed by atoms with Gasteiger partial charge in [0.2, 0.25) is 5.91 Å². The molecule has 0 bridgehead atoms. The number of amides is 1. The Labute approximate surface area is 148 Å². The van der Waals surface area contributed by atoms with Crippen LogP contribution in [0, 0.1) is 11.6 Å². The fourth-order valence-corrected chi connectivity index (χ4v) is 2.78. The molecule has 1 heterocycles. The van der Waals surface area contributed by atoms with Crippen LogP contribution in [-0.2, 0) is 14.6 Å². The molecule has 0 saturated heterocycles. The Balaban J connectivity index is 1.93. The van der Waals surface area contributed by atoms with Gasteiger partial charge in [-0.05, 0) is 43.3 Å². The SMILES string of the molecule is C[C@@H](C(=O)Nc1ccc2nc(-c3cc(F)ccc3F)[nH]c2c1)S(C)(=O)=O. The molecule has 9 heteroatoms. The molecule has 0 unspecified atom stereocenters. The minimum Gasteiger partial charge on any atom is -0.338 e. The number of sulfone groups is 1. The van der Waals surface area contributed by atoms with E-state index >= 15 is 0 Å². The van der Waals surface area contributed by atoms with Gasteiger partial charge >= 0.3 is 0 Å². The summed E-state index contributed by atoms with van der Waals surface area (Å²) in [7, 11) is -3.51. The van der Waals surface area contributed by atoms with E-state index in [1.165, 1.54) is 13.0 Å². The van der Waals surface area contributed by atoms with Crippen LogP contribution in [0.2, 0.25) is 0 Å². The summed E-state index contributed by atoms with van der Waals surface area (Å²) in [5, 5.41) is 1.31. The van der Waals surface area contributed by atoms with Crippen molar-refractivity contribution < 1.29 is 22.0 Å². The Morgan fingerprint density at radius 2 is 1.92 bits per heavy atom. The first-order chi connectivity index (χ1) is 12.1. The quantitative estimate of drug-likeness (QED) is 0.729. The number of nitrogens with one attached hydrogen (secondary N) is 2. The highest BCUT2D eigenvalue weighted by Crippen LogP contribution is 2.25. The second-order valence-corrected chi connectivity index (χ2v) is 8.27. The van der Waals surface area contributed by atoms with Crippen molar-refractivity contribution in [3.8, 4) is 11.4 Å². The van der Waals surface area contributed by atoms with Crippen LogP contribution in [0.5, 0.6) is 0 Å². The second-order valence-electron chi connectivity index (χ2n) is 5.90. The van der Waals surface area contributed by atoms with Gasteiger partial charge in [-0.3, -0.25) is 4.79 Å². The van der Waals surface area contributed by atoms with Gasteiger partial charge in [-0.15, -0.1) is 0 Å². The van der Waals surface area contributed by atoms with Crippen molar-refractivity contribution >= 4 is 32.5 Å². The molecule has 3 aromatic rings. The molecule has 2 N–H and O–H groups in total. The van der Waals surface area contributed by atoms with Crippen LogP contribution in [0.25, 0.3) is 22.4 Å². The lowest BCUT2D eigenvalue weighted by molar-refractivity contribution is -0.115. The number of hydrogen-bond donors (Lipinski definition) is 2. The zero-order chi connectivity index (χ0) is 19.1. The molecule has 2 aromatic carbocycles. The molecule has 0 aliphatic rings. The summed E-state index contributed by atoms with van der Waals surface area (Å²) < 4.78 is 50.2. The number of anilines is 1. The molecule has 1 atom stereocenters. The lowest BCUT2D eigenvalue weighted by Gasteiger charge is -2.10. The molecule has 6 nitrogen and oxygen atoms in total. The van der Waals surface area contributed by atoms with Crippen molar-refractivity contribution in [2.24, 2.45) is 0 Å². The number of benzene rings is 2. The van der Waals surface area contributed by atoms with Gasteiger partial charge in [0.15, 0.2) is 9.84 Å². The van der Waals surface area contributed by atoms with Crippen molar-refractivity contribution in [2.45, 2.75) is 12.2 Å². The third-order valence-corrected chi connectivity index (χ3v) is 5.44. The van der Waals surface area contributed by atoms with Crippen LogP contribution in [0.15, 0.2) is 36.4 Å². The molecule has 0 saturated carbocycles. The van der Waals surface area contributed by atoms with Gasteiger partial charge in [-0.2, -0.15) is 0 Å². The molecule has 3 rings (SSSR count). The highest BCUT2D eigenvalue weighted by molar-refractivity contribution is 7.92. The first-order valence-electron chi connectivity index (χ1n) is 7.60. The van der Waals surface area contributed by atoms with E-state index in [0.29, 0.717) is 16.7 Å². The molecule has 0 fully saturated rings. The summed E-state index contributed by atoms with van der Waals surface area (Å²) in [6.07, 6.45) is 0.981. The Morgan fingerprint density at radius 3 is 2.62 bits per heavy atom. The van der Waals surface area contributed by atoms with Crippen LogP contribution in [-0.4, -0.2) is 35.8 Å². The van der Waals surface area contributed by atoms with E-state index in [4.69, 9.17) is 0 Å². The number of nitrogens with zero attached hydrogens (tertiary/aromatic N) is 1. The monoisotopic (exact) mass is 379 g/mol. The number of aromatic nitrogens is 2. The van der Waals surface area contributed by atoms with E-state index in [0.717, 1.165) is 24.5 Å². The lowest BCUT2D eigenvalue weighted by Crippen LogP contribution is -2.31. The molecule has 1 amide bonds. The molecule has 0 aliphatic carbocycles. The van der Waals surface area contributed by atoms with Crippen LogP contribution in [0.1, 0.15) is 6.92 Å². The minimum absolute atomic E-state index is 0.0162. The van der Waals surface area contributed by atoms with Crippen molar-refractivity contribution in [1.82, 2.24) is 9.97 Å². The van der Waals surface area contributed by atoms with E-state index in [9.17, 15) is 22.0 Å². The van der Waals surface area contributed by atoms with Gasteiger partial charge < -0.3 is 10.3 Å². The Hall–Kier alpha value is -2.81. The van der Waals surface area contributed by atoms with Gasteiger partial charge in [-0.25, -0.2) is 22.2 Å². The number of carbonyl (C=O) groups excluding carboxylic acids is 1. The summed E-state index contributed by atoms with van der Waals surface area (Å²) in [6.45, 7) is 1.30. The largest absolute Gasteiger partial charge is 0.338 e. The first-order valence-corrected chi connectivity index (χ1v) is 9.55. The van der Waals surface area contributed by atoms with Crippen molar-refractivity contribution in [1.29, 1.82) is 0 Å². The summed E-state index contributed by atoms with van der Waals surface area (Å²) in [5.41, 5.74) is 1.30. The van der Waals surface area contributed by atoms with E-state index < -0.39 is 32.6 Å². The highest BCUT2D eigenvalue weighted by atomic mass is 32.2. The maximum Gasteiger partial charge on any atom is 0.242 e. The van der Waals surface area contributed by atoms with Gasteiger partial charge in [0.05, 0.1) is 16.6 Å². The predicted octanol–water partition coefficient (Wildman–Crippen LogP) is 2.88. The van der Waals surface area contributed by atoms with Crippen LogP contribution >= 0.6 is 0 Å². The lowest BCUT2D eigenvalue weighted by atomic mass is 10.2. The standard InChI is InChI=1S/C17H15F2N3O3S/c1-9(26(2,24)25)17(23)20-11-4-6-14-15(8-11)22-16(21-14)12-7-10(18)3-5-13(12)19/h3-9H,1-2H3,(H,20,23)(H,21,22)/t9-/m0/s1. The number of aromatic amines is 1. The Morgan fingerprint density at radius 1 is 1.19 bits per heavy atom. The number of imidazole rings is 1. The normalized spacial score (nSPS) is 12.9. The predicted molar refractivity (Wildman–Crippen MR) is 94.4 cm³/mol. The van der Waals surface area contributed by atoms with Gasteiger partial charge in [-0.1, -0.05) is 0 Å². The smallest absolute Gasteiger partial charge is 0.242 e. The molecule has 0 aliphatic heterocycles. The summed E-state index contributed by atoms with van der Waals surface area (Å²) >= 11 is 0. The zero-order valence-corrected chi connectivity index (χ0v) is 14.7. The topological polar surface area (TPSA) is 91.9 Å². The third-order valence-electron chi connectivity index (χ3n) is 3.94. The Bertz CT molecular complexity index is 1110. The minimum atomic E-state index is -3.51. The number of halogens is 2. The first kappa shape index (κ1) is 18.0. The van der Waals surface area contributed by atoms with Gasteiger partial charge in [0.25, 0.3) is 0 Å². The van der Waals surface area contributed by atoms with Crippen molar-refractivity contribution in [2.75, 3.05) is 11.6 Å². The third kappa shape index (κ3) is 3.57. The molecule has 0 radical (unpaired) electrons. The van der Waals surface area contributed by atoms with Gasteiger partial charge in [0, 0.05) is 11.9 Å². The number of hydrogen-bond acceptors (Lipinski definition) is 4. The molecule has 26 heavy (non-hydrogen) atoms. The number of rotatable bonds is 4. The summed E-state index contributed by atoms with van der Waals surface area (Å²) in [6, 6.07) is 7.71. The second kappa shape index (κ2) is 6.49.